The van der Waals surface area contributed by atoms with Crippen molar-refractivity contribution in [1.29, 1.82) is 0 Å². The molecule has 0 saturated heterocycles. The van der Waals surface area contributed by atoms with E-state index in [1.165, 1.54) is 6.42 Å². The number of carboxylic acid groups (broad SMARTS) is 1. The number of carboxylic acids is 1. The van der Waals surface area contributed by atoms with Crippen molar-refractivity contribution in [3.63, 3.8) is 0 Å². The van der Waals surface area contributed by atoms with E-state index in [-0.39, 0.29) is 11.9 Å². The minimum absolute atomic E-state index is 0.0707. The van der Waals surface area contributed by atoms with E-state index in [0.29, 0.717) is 12.8 Å². The molecule has 2 aliphatic rings. The van der Waals surface area contributed by atoms with Crippen LogP contribution >= 0.6 is 0 Å². The number of hydrogen-bond donors (Lipinski definition) is 2. The number of carbonyl (C=O) groups excluding carboxylic acids is 1. The summed E-state index contributed by atoms with van der Waals surface area (Å²) in [6.07, 6.45) is 10.4. The molecule has 2 rings (SSSR count). The molecule has 18 heavy (non-hydrogen) atoms. The second kappa shape index (κ2) is 6.03. The molecule has 0 aromatic carbocycles. The average Bonchev–Trinajstić information content (AvgIpc) is 2.40. The number of amides is 1. The largest absolute Gasteiger partial charge is 0.481 e. The van der Waals surface area contributed by atoms with E-state index in [4.69, 9.17) is 5.11 Å². The molecule has 0 spiro atoms. The average molecular weight is 251 g/mol. The molecule has 0 bridgehead atoms. The zero-order valence-electron chi connectivity index (χ0n) is 10.6. The first-order chi connectivity index (χ1) is 8.68. The van der Waals surface area contributed by atoms with Gasteiger partial charge in [0.15, 0.2) is 0 Å². The van der Waals surface area contributed by atoms with Crippen LogP contribution in [-0.2, 0) is 9.59 Å². The van der Waals surface area contributed by atoms with E-state index in [1.54, 1.807) is 0 Å². The van der Waals surface area contributed by atoms with E-state index in [2.05, 4.69) is 5.32 Å². The predicted molar refractivity (Wildman–Crippen MR) is 68.0 cm³/mol. The van der Waals surface area contributed by atoms with Gasteiger partial charge < -0.3 is 10.4 Å². The molecule has 2 aliphatic carbocycles. The highest BCUT2D eigenvalue weighted by Crippen LogP contribution is 2.27. The molecule has 0 aliphatic heterocycles. The summed E-state index contributed by atoms with van der Waals surface area (Å²) in [6, 6.07) is 0.256. The van der Waals surface area contributed by atoms with Crippen LogP contribution in [-0.4, -0.2) is 23.0 Å². The molecule has 1 fully saturated rings. The molecule has 2 N–H and O–H groups in total. The van der Waals surface area contributed by atoms with Gasteiger partial charge >= 0.3 is 5.97 Å². The van der Waals surface area contributed by atoms with Gasteiger partial charge in [-0.1, -0.05) is 31.4 Å². The minimum atomic E-state index is -0.858. The number of nitrogens with one attached hydrogen (secondary N) is 1. The topological polar surface area (TPSA) is 66.4 Å². The lowest BCUT2D eigenvalue weighted by atomic mass is 9.82. The molecule has 100 valence electrons. The van der Waals surface area contributed by atoms with Crippen LogP contribution in [0.3, 0.4) is 0 Å². The summed E-state index contributed by atoms with van der Waals surface area (Å²) in [4.78, 5) is 23.3. The Bertz CT molecular complexity index is 345. The Morgan fingerprint density at radius 1 is 1.00 bits per heavy atom. The van der Waals surface area contributed by atoms with Gasteiger partial charge in [0.05, 0.1) is 11.8 Å². The maximum atomic E-state index is 12.2. The zero-order valence-corrected chi connectivity index (χ0v) is 10.6. The van der Waals surface area contributed by atoms with Crippen LogP contribution in [0.25, 0.3) is 0 Å². The summed E-state index contributed by atoms with van der Waals surface area (Å²) in [5.74, 6) is -1.88. The third-order valence-corrected chi connectivity index (χ3v) is 4.04. The normalized spacial score (nSPS) is 28.9. The van der Waals surface area contributed by atoms with Gasteiger partial charge in [0.25, 0.3) is 0 Å². The molecule has 1 amide bonds. The number of carbonyl (C=O) groups is 2. The van der Waals surface area contributed by atoms with Gasteiger partial charge in [-0.2, -0.15) is 0 Å². The first-order valence-electron chi connectivity index (χ1n) is 6.86. The molecule has 2 atom stereocenters. The van der Waals surface area contributed by atoms with E-state index in [1.807, 2.05) is 12.2 Å². The SMILES string of the molecule is O=C(O)[C@H]1CC=CC[C@@H]1C(=O)NC1CCCCC1. The number of allylic oxidation sites excluding steroid dienone is 2. The summed E-state index contributed by atoms with van der Waals surface area (Å²) in [7, 11) is 0. The molecule has 0 radical (unpaired) electrons. The summed E-state index contributed by atoms with van der Waals surface area (Å²) in [6.45, 7) is 0. The van der Waals surface area contributed by atoms with Crippen molar-refractivity contribution in [2.24, 2.45) is 11.8 Å². The Hall–Kier alpha value is -1.32. The van der Waals surface area contributed by atoms with Crippen LogP contribution in [0.4, 0.5) is 0 Å². The summed E-state index contributed by atoms with van der Waals surface area (Å²) < 4.78 is 0. The third-order valence-electron chi connectivity index (χ3n) is 4.04. The summed E-state index contributed by atoms with van der Waals surface area (Å²) >= 11 is 0. The summed E-state index contributed by atoms with van der Waals surface area (Å²) in [5, 5.41) is 12.2. The number of aliphatic carboxylic acids is 1. The maximum Gasteiger partial charge on any atom is 0.307 e. The van der Waals surface area contributed by atoms with Crippen molar-refractivity contribution in [3.8, 4) is 0 Å². The van der Waals surface area contributed by atoms with E-state index in [9.17, 15) is 9.59 Å². The van der Waals surface area contributed by atoms with E-state index < -0.39 is 17.8 Å². The second-order valence-electron chi connectivity index (χ2n) is 5.34. The lowest BCUT2D eigenvalue weighted by Crippen LogP contribution is -2.44. The quantitative estimate of drug-likeness (QED) is 0.755. The highest BCUT2D eigenvalue weighted by atomic mass is 16.4. The van der Waals surface area contributed by atoms with Crippen molar-refractivity contribution in [1.82, 2.24) is 5.32 Å². The molecule has 0 heterocycles. The lowest BCUT2D eigenvalue weighted by molar-refractivity contribution is -0.147. The molecule has 0 unspecified atom stereocenters. The van der Waals surface area contributed by atoms with Gasteiger partial charge in [-0.15, -0.1) is 0 Å². The van der Waals surface area contributed by atoms with Crippen LogP contribution in [0.5, 0.6) is 0 Å². The Balaban J connectivity index is 1.93. The molecule has 4 nitrogen and oxygen atoms in total. The highest BCUT2D eigenvalue weighted by molar-refractivity contribution is 5.85. The second-order valence-corrected chi connectivity index (χ2v) is 5.34. The first kappa shape index (κ1) is 13.1. The van der Waals surface area contributed by atoms with Gasteiger partial charge in [-0.05, 0) is 25.7 Å². The third kappa shape index (κ3) is 3.12. The van der Waals surface area contributed by atoms with Crippen molar-refractivity contribution >= 4 is 11.9 Å². The highest BCUT2D eigenvalue weighted by Gasteiger charge is 2.34. The van der Waals surface area contributed by atoms with Gasteiger partial charge in [-0.3, -0.25) is 9.59 Å². The van der Waals surface area contributed by atoms with Crippen LogP contribution in [0.2, 0.25) is 0 Å². The zero-order chi connectivity index (χ0) is 13.0. The molecular weight excluding hydrogens is 230 g/mol. The van der Waals surface area contributed by atoms with Gasteiger partial charge in [0.2, 0.25) is 5.91 Å². The van der Waals surface area contributed by atoms with E-state index in [0.717, 1.165) is 25.7 Å². The fourth-order valence-electron chi connectivity index (χ4n) is 2.93. The number of rotatable bonds is 3. The molecule has 1 saturated carbocycles. The molecule has 4 heteroatoms. The Morgan fingerprint density at radius 3 is 2.22 bits per heavy atom. The van der Waals surface area contributed by atoms with Crippen LogP contribution in [0.1, 0.15) is 44.9 Å². The standard InChI is InChI=1S/C14H21NO3/c16-13(15-10-6-2-1-3-7-10)11-8-4-5-9-12(11)14(17)18/h4-5,10-12H,1-3,6-9H2,(H,15,16)(H,17,18)/t11-,12-/m0/s1. The minimum Gasteiger partial charge on any atom is -0.481 e. The molecule has 0 aromatic rings. The van der Waals surface area contributed by atoms with Gasteiger partial charge in [0, 0.05) is 6.04 Å². The monoisotopic (exact) mass is 251 g/mol. The first-order valence-corrected chi connectivity index (χ1v) is 6.86. The van der Waals surface area contributed by atoms with Crippen LogP contribution in [0.15, 0.2) is 12.2 Å². The molecule has 0 aromatic heterocycles. The van der Waals surface area contributed by atoms with Crippen molar-refractivity contribution < 1.29 is 14.7 Å². The lowest BCUT2D eigenvalue weighted by Gasteiger charge is -2.28. The summed E-state index contributed by atoms with van der Waals surface area (Å²) in [5.41, 5.74) is 0. The Labute approximate surface area is 107 Å². The van der Waals surface area contributed by atoms with Gasteiger partial charge in [-0.25, -0.2) is 0 Å². The van der Waals surface area contributed by atoms with Crippen LogP contribution in [0, 0.1) is 11.8 Å². The predicted octanol–water partition coefficient (Wildman–Crippen LogP) is 2.10. The van der Waals surface area contributed by atoms with E-state index >= 15 is 0 Å². The number of hydrogen-bond acceptors (Lipinski definition) is 2. The Morgan fingerprint density at radius 2 is 1.61 bits per heavy atom. The van der Waals surface area contributed by atoms with Crippen molar-refractivity contribution in [2.75, 3.05) is 0 Å². The smallest absolute Gasteiger partial charge is 0.307 e. The van der Waals surface area contributed by atoms with Crippen molar-refractivity contribution in [3.05, 3.63) is 12.2 Å². The fraction of sp³-hybridized carbons (Fsp3) is 0.714. The van der Waals surface area contributed by atoms with Crippen molar-refractivity contribution in [2.45, 2.75) is 51.0 Å². The Kier molecular flexibility index (Phi) is 4.39. The van der Waals surface area contributed by atoms with Gasteiger partial charge in [0.1, 0.15) is 0 Å². The maximum absolute atomic E-state index is 12.2. The fourth-order valence-corrected chi connectivity index (χ4v) is 2.93. The van der Waals surface area contributed by atoms with Crippen LogP contribution < -0.4 is 5.32 Å². The molecular formula is C14H21NO3.